The first kappa shape index (κ1) is 19.8. The largest absolute Gasteiger partial charge is 0.354 e. The van der Waals surface area contributed by atoms with Crippen LogP contribution >= 0.6 is 11.8 Å². The Labute approximate surface area is 129 Å². The first-order valence-electron chi connectivity index (χ1n) is 7.88. The Kier molecular flexibility index (Phi) is 10.4. The maximum absolute atomic E-state index is 12.0. The number of amides is 1. The molecule has 0 fully saturated rings. The van der Waals surface area contributed by atoms with Crippen molar-refractivity contribution in [2.45, 2.75) is 66.3 Å². The molecule has 3 N–H and O–H groups in total. The van der Waals surface area contributed by atoms with Gasteiger partial charge in [-0.05, 0) is 55.6 Å². The normalized spacial score (nSPS) is 14.9. The van der Waals surface area contributed by atoms with Crippen LogP contribution in [0.1, 0.15) is 60.3 Å². The molecule has 20 heavy (non-hydrogen) atoms. The lowest BCUT2D eigenvalue weighted by Gasteiger charge is -2.30. The predicted octanol–water partition coefficient (Wildman–Crippen LogP) is 3.43. The molecule has 2 atom stereocenters. The van der Waals surface area contributed by atoms with Gasteiger partial charge in [0.15, 0.2) is 0 Å². The molecule has 0 radical (unpaired) electrons. The number of rotatable bonds is 10. The van der Waals surface area contributed by atoms with Crippen LogP contribution in [0.2, 0.25) is 0 Å². The van der Waals surface area contributed by atoms with E-state index in [4.69, 9.17) is 5.73 Å². The van der Waals surface area contributed by atoms with E-state index in [1.807, 2.05) is 11.8 Å². The summed E-state index contributed by atoms with van der Waals surface area (Å²) < 4.78 is 0. The van der Waals surface area contributed by atoms with Crippen LogP contribution in [-0.4, -0.2) is 30.0 Å². The molecule has 0 aromatic heterocycles. The summed E-state index contributed by atoms with van der Waals surface area (Å²) in [5, 5.41) is 3.10. The van der Waals surface area contributed by atoms with Gasteiger partial charge >= 0.3 is 0 Å². The third kappa shape index (κ3) is 9.65. The molecule has 2 unspecified atom stereocenters. The lowest BCUT2D eigenvalue weighted by atomic mass is 9.76. The van der Waals surface area contributed by atoms with Gasteiger partial charge in [-0.3, -0.25) is 4.79 Å². The quantitative estimate of drug-likeness (QED) is 0.608. The van der Waals surface area contributed by atoms with Crippen molar-refractivity contribution in [2.24, 2.45) is 17.1 Å². The molecule has 1 amide bonds. The van der Waals surface area contributed by atoms with Crippen LogP contribution in [0.15, 0.2) is 0 Å². The molecule has 0 aromatic carbocycles. The average molecular weight is 303 g/mol. The van der Waals surface area contributed by atoms with Crippen molar-refractivity contribution in [3.8, 4) is 0 Å². The topological polar surface area (TPSA) is 55.1 Å². The Bertz CT molecular complexity index is 264. The molecule has 3 nitrogen and oxygen atoms in total. The van der Waals surface area contributed by atoms with E-state index in [2.05, 4.69) is 39.9 Å². The number of carbonyl (C=O) groups excluding carboxylic acids is 1. The first-order chi connectivity index (χ1) is 9.31. The van der Waals surface area contributed by atoms with Crippen LogP contribution in [0.3, 0.4) is 0 Å². The Morgan fingerprint density at radius 3 is 2.40 bits per heavy atom. The summed E-state index contributed by atoms with van der Waals surface area (Å²) in [6, 6.07) is 0.282. The van der Waals surface area contributed by atoms with Crippen molar-refractivity contribution >= 4 is 17.7 Å². The fourth-order valence-electron chi connectivity index (χ4n) is 2.34. The molecule has 0 aliphatic rings. The summed E-state index contributed by atoms with van der Waals surface area (Å²) >= 11 is 1.93. The summed E-state index contributed by atoms with van der Waals surface area (Å²) in [7, 11) is 0. The molecular formula is C16H34N2OS. The fourth-order valence-corrected chi connectivity index (χ4v) is 3.15. The van der Waals surface area contributed by atoms with E-state index in [1.54, 1.807) is 0 Å². The zero-order chi connectivity index (χ0) is 15.6. The van der Waals surface area contributed by atoms with Gasteiger partial charge in [-0.2, -0.15) is 11.8 Å². The smallest absolute Gasteiger partial charge is 0.220 e. The molecule has 0 heterocycles. The summed E-state index contributed by atoms with van der Waals surface area (Å²) in [6.07, 6.45) is 3.60. The van der Waals surface area contributed by atoms with E-state index in [0.29, 0.717) is 18.9 Å². The zero-order valence-corrected chi connectivity index (χ0v) is 14.8. The summed E-state index contributed by atoms with van der Waals surface area (Å²) in [5.41, 5.74) is 5.90. The van der Waals surface area contributed by atoms with Gasteiger partial charge in [-0.15, -0.1) is 0 Å². The van der Waals surface area contributed by atoms with E-state index in [9.17, 15) is 4.79 Å². The van der Waals surface area contributed by atoms with Crippen LogP contribution in [0, 0.1) is 11.3 Å². The van der Waals surface area contributed by atoms with Crippen molar-refractivity contribution in [3.05, 3.63) is 0 Å². The Morgan fingerprint density at radius 1 is 1.25 bits per heavy atom. The Morgan fingerprint density at radius 2 is 1.90 bits per heavy atom. The SMILES string of the molecule is CCSCCC(C)NC(=O)CCC(CCN)C(C)(C)C. The van der Waals surface area contributed by atoms with Gasteiger partial charge < -0.3 is 11.1 Å². The van der Waals surface area contributed by atoms with Gasteiger partial charge in [0.05, 0.1) is 0 Å². The summed E-state index contributed by atoms with van der Waals surface area (Å²) in [4.78, 5) is 12.0. The molecule has 0 rings (SSSR count). The maximum Gasteiger partial charge on any atom is 0.220 e. The number of hydrogen-bond acceptors (Lipinski definition) is 3. The Balaban J connectivity index is 4.00. The lowest BCUT2D eigenvalue weighted by molar-refractivity contribution is -0.122. The van der Waals surface area contributed by atoms with Gasteiger partial charge in [0.2, 0.25) is 5.91 Å². The number of nitrogens with one attached hydrogen (secondary N) is 1. The molecule has 0 saturated carbocycles. The molecule has 0 aromatic rings. The first-order valence-corrected chi connectivity index (χ1v) is 9.03. The molecule has 0 aliphatic heterocycles. The van der Waals surface area contributed by atoms with Crippen LogP contribution in [-0.2, 0) is 4.79 Å². The molecular weight excluding hydrogens is 268 g/mol. The fraction of sp³-hybridized carbons (Fsp3) is 0.938. The lowest BCUT2D eigenvalue weighted by Crippen LogP contribution is -2.34. The van der Waals surface area contributed by atoms with Crippen LogP contribution in [0.25, 0.3) is 0 Å². The monoisotopic (exact) mass is 302 g/mol. The highest BCUT2D eigenvalue weighted by Crippen LogP contribution is 2.32. The molecule has 120 valence electrons. The van der Waals surface area contributed by atoms with Gasteiger partial charge in [0.25, 0.3) is 0 Å². The highest BCUT2D eigenvalue weighted by Gasteiger charge is 2.24. The van der Waals surface area contributed by atoms with Crippen LogP contribution < -0.4 is 11.1 Å². The van der Waals surface area contributed by atoms with Crippen molar-refractivity contribution in [3.63, 3.8) is 0 Å². The average Bonchev–Trinajstić information content (AvgIpc) is 2.33. The van der Waals surface area contributed by atoms with Crippen molar-refractivity contribution < 1.29 is 4.79 Å². The minimum absolute atomic E-state index is 0.185. The third-order valence-corrected chi connectivity index (χ3v) is 4.70. The minimum Gasteiger partial charge on any atom is -0.354 e. The third-order valence-electron chi connectivity index (χ3n) is 3.77. The van der Waals surface area contributed by atoms with Crippen molar-refractivity contribution in [1.29, 1.82) is 0 Å². The molecule has 4 heteroatoms. The van der Waals surface area contributed by atoms with E-state index in [1.165, 1.54) is 0 Å². The summed E-state index contributed by atoms with van der Waals surface area (Å²) in [6.45, 7) is 11.7. The van der Waals surface area contributed by atoms with E-state index in [0.717, 1.165) is 30.8 Å². The van der Waals surface area contributed by atoms with Gasteiger partial charge in [-0.1, -0.05) is 27.7 Å². The molecule has 0 spiro atoms. The van der Waals surface area contributed by atoms with Crippen molar-refractivity contribution in [2.75, 3.05) is 18.1 Å². The predicted molar refractivity (Wildman–Crippen MR) is 91.1 cm³/mol. The number of carbonyl (C=O) groups is 1. The zero-order valence-electron chi connectivity index (χ0n) is 14.0. The highest BCUT2D eigenvalue weighted by molar-refractivity contribution is 7.99. The Hall–Kier alpha value is -0.220. The maximum atomic E-state index is 12.0. The number of hydrogen-bond donors (Lipinski definition) is 2. The summed E-state index contributed by atoms with van der Waals surface area (Å²) in [5.74, 6) is 2.97. The molecule has 0 saturated heterocycles. The highest BCUT2D eigenvalue weighted by atomic mass is 32.2. The standard InChI is InChI=1S/C16H34N2OS/c1-6-20-12-10-13(2)18-15(19)8-7-14(9-11-17)16(3,4)5/h13-14H,6-12,17H2,1-5H3,(H,18,19). The number of nitrogens with two attached hydrogens (primary N) is 1. The van der Waals surface area contributed by atoms with Gasteiger partial charge in [-0.25, -0.2) is 0 Å². The second-order valence-corrected chi connectivity index (χ2v) is 8.03. The second kappa shape index (κ2) is 10.5. The molecule has 0 aliphatic carbocycles. The minimum atomic E-state index is 0.185. The van der Waals surface area contributed by atoms with E-state index >= 15 is 0 Å². The van der Waals surface area contributed by atoms with Crippen LogP contribution in [0.4, 0.5) is 0 Å². The van der Waals surface area contributed by atoms with Gasteiger partial charge in [0, 0.05) is 12.5 Å². The van der Waals surface area contributed by atoms with E-state index in [-0.39, 0.29) is 17.4 Å². The molecule has 0 bridgehead atoms. The van der Waals surface area contributed by atoms with Crippen LogP contribution in [0.5, 0.6) is 0 Å². The second-order valence-electron chi connectivity index (χ2n) is 6.63. The van der Waals surface area contributed by atoms with Gasteiger partial charge in [0.1, 0.15) is 0 Å². The van der Waals surface area contributed by atoms with Crippen molar-refractivity contribution in [1.82, 2.24) is 5.32 Å². The van der Waals surface area contributed by atoms with E-state index < -0.39 is 0 Å². The number of thioether (sulfide) groups is 1.